The van der Waals surface area contributed by atoms with E-state index >= 15 is 0 Å². The molecule has 130 valence electrons. The number of carbonyl (C=O) groups excluding carboxylic acids is 1. The molecule has 0 saturated carbocycles. The Morgan fingerprint density at radius 3 is 2.56 bits per heavy atom. The van der Waals surface area contributed by atoms with Crippen LogP contribution in [0.5, 0.6) is 0 Å². The van der Waals surface area contributed by atoms with Crippen molar-refractivity contribution in [2.75, 3.05) is 15.9 Å². The van der Waals surface area contributed by atoms with Crippen LogP contribution in [0.2, 0.25) is 0 Å². The molecular formula is C20H22IN3O. The molecule has 0 aliphatic carbocycles. The number of aryl methyl sites for hydroxylation is 1. The van der Waals surface area contributed by atoms with E-state index in [0.717, 1.165) is 34.4 Å². The molecule has 0 bridgehead atoms. The number of nitrogens with zero attached hydrogens (tertiary/aromatic N) is 3. The third-order valence-electron chi connectivity index (χ3n) is 4.69. The molecule has 5 heteroatoms. The van der Waals surface area contributed by atoms with Gasteiger partial charge in [-0.3, -0.25) is 0 Å². The summed E-state index contributed by atoms with van der Waals surface area (Å²) in [5.41, 5.74) is 4.66. The Balaban J connectivity index is 1.70. The van der Waals surface area contributed by atoms with Gasteiger partial charge in [-0.05, 0) is 0 Å². The van der Waals surface area contributed by atoms with E-state index < -0.39 is 19.8 Å². The van der Waals surface area contributed by atoms with Crippen molar-refractivity contribution in [2.24, 2.45) is 0 Å². The van der Waals surface area contributed by atoms with Crippen molar-refractivity contribution in [2.45, 2.75) is 20.0 Å². The molecule has 1 aliphatic heterocycles. The first kappa shape index (κ1) is 16.6. The van der Waals surface area contributed by atoms with Crippen molar-refractivity contribution in [3.63, 3.8) is 0 Å². The average molecular weight is 447 g/mol. The van der Waals surface area contributed by atoms with Crippen LogP contribution in [0, 0.1) is 6.92 Å². The summed E-state index contributed by atoms with van der Waals surface area (Å²) in [4.78, 5) is 21.4. The Morgan fingerprint density at radius 2 is 1.84 bits per heavy atom. The normalized spacial score (nSPS) is 16.2. The fourth-order valence-electron chi connectivity index (χ4n) is 3.21. The number of alkyl halides is 2. The van der Waals surface area contributed by atoms with Crippen LogP contribution in [0.4, 0.5) is 4.79 Å². The van der Waals surface area contributed by atoms with Gasteiger partial charge < -0.3 is 0 Å². The summed E-state index contributed by atoms with van der Waals surface area (Å²) < 4.78 is 3.76. The number of amides is 1. The molecule has 4 rings (SSSR count). The zero-order chi connectivity index (χ0) is 17.4. The molecule has 0 atom stereocenters. The van der Waals surface area contributed by atoms with E-state index in [-0.39, 0.29) is 0 Å². The Hall–Kier alpha value is -1.89. The molecule has 1 saturated heterocycles. The summed E-state index contributed by atoms with van der Waals surface area (Å²) in [6.45, 7) is 4.41. The number of hydrogen-bond acceptors (Lipinski definition) is 2. The minimum atomic E-state index is -1.39. The number of benzene rings is 2. The second kappa shape index (κ2) is 6.78. The van der Waals surface area contributed by atoms with Gasteiger partial charge in [-0.25, -0.2) is 0 Å². The predicted octanol–water partition coefficient (Wildman–Crippen LogP) is 4.46. The number of carbonyl (C=O) groups is 1. The van der Waals surface area contributed by atoms with Gasteiger partial charge in [0.25, 0.3) is 0 Å². The minimum absolute atomic E-state index is 0.401. The average Bonchev–Trinajstić information content (AvgIpc) is 3.12. The molecule has 3 aromatic rings. The van der Waals surface area contributed by atoms with Gasteiger partial charge in [0.05, 0.1) is 0 Å². The fraction of sp³-hybridized carbons (Fsp3) is 0.300. The summed E-state index contributed by atoms with van der Waals surface area (Å²) in [7, 11) is 0. The quantitative estimate of drug-likeness (QED) is 0.256. The van der Waals surface area contributed by atoms with Crippen molar-refractivity contribution < 1.29 is 4.79 Å². The molecule has 25 heavy (non-hydrogen) atoms. The van der Waals surface area contributed by atoms with Crippen LogP contribution in [0.15, 0.2) is 48.5 Å². The van der Waals surface area contributed by atoms with Gasteiger partial charge >= 0.3 is 155 Å². The van der Waals surface area contributed by atoms with Gasteiger partial charge in [0.1, 0.15) is 0 Å². The van der Waals surface area contributed by atoms with Gasteiger partial charge in [0.2, 0.25) is 0 Å². The number of aromatic nitrogens is 2. The van der Waals surface area contributed by atoms with Gasteiger partial charge in [0, 0.05) is 0 Å². The van der Waals surface area contributed by atoms with Crippen LogP contribution in [-0.2, 0) is 13.1 Å². The molecule has 2 aromatic carbocycles. The van der Waals surface area contributed by atoms with Crippen LogP contribution in [0.25, 0.3) is 11.0 Å². The molecule has 2 heterocycles. The molecule has 0 unspecified atom stereocenters. The Morgan fingerprint density at radius 1 is 1.08 bits per heavy atom. The zero-order valence-corrected chi connectivity index (χ0v) is 16.7. The van der Waals surface area contributed by atoms with Crippen molar-refractivity contribution in [1.82, 2.24) is 14.5 Å². The molecule has 1 fully saturated rings. The molecule has 4 nitrogen and oxygen atoms in total. The number of fused-ring (bicyclic) bond motifs is 1. The van der Waals surface area contributed by atoms with E-state index in [1.807, 2.05) is 11.0 Å². The van der Waals surface area contributed by atoms with Gasteiger partial charge in [-0.1, -0.05) is 0 Å². The molecule has 0 N–H and O–H groups in total. The number of rotatable bonds is 4. The van der Waals surface area contributed by atoms with Crippen LogP contribution in [0.1, 0.15) is 17.0 Å². The third-order valence-corrected chi connectivity index (χ3v) is 9.05. The summed E-state index contributed by atoms with van der Waals surface area (Å²) in [6, 6.07) is 16.9. The third kappa shape index (κ3) is 3.29. The number of imidazole rings is 1. The van der Waals surface area contributed by atoms with E-state index in [9.17, 15) is 4.79 Å². The van der Waals surface area contributed by atoms with Crippen LogP contribution < -0.4 is 0 Å². The second-order valence-corrected chi connectivity index (χ2v) is 11.9. The first-order valence-corrected chi connectivity index (χ1v) is 13.2. The first-order valence-electron chi connectivity index (χ1n) is 8.46. The maximum atomic E-state index is 12.4. The zero-order valence-electron chi connectivity index (χ0n) is 14.6. The van der Waals surface area contributed by atoms with E-state index in [1.54, 1.807) is 0 Å². The summed E-state index contributed by atoms with van der Waals surface area (Å²) in [5.74, 6) is 0.987. The van der Waals surface area contributed by atoms with E-state index in [1.165, 1.54) is 11.1 Å². The molecule has 0 radical (unpaired) electrons. The van der Waals surface area contributed by atoms with Gasteiger partial charge in [-0.2, -0.15) is 0 Å². The van der Waals surface area contributed by atoms with Crippen molar-refractivity contribution in [3.05, 3.63) is 65.5 Å². The van der Waals surface area contributed by atoms with Crippen molar-refractivity contribution in [1.29, 1.82) is 0 Å². The summed E-state index contributed by atoms with van der Waals surface area (Å²) in [6.07, 6.45) is 0. The fourth-order valence-corrected chi connectivity index (χ4v) is 6.56. The molecule has 1 aliphatic rings. The Kier molecular flexibility index (Phi) is 4.50. The maximum absolute atomic E-state index is 12.4. The molecule has 1 aromatic heterocycles. The number of para-hydroxylation sites is 2. The van der Waals surface area contributed by atoms with Crippen LogP contribution in [0.3, 0.4) is 0 Å². The van der Waals surface area contributed by atoms with Crippen LogP contribution in [-0.4, -0.2) is 34.3 Å². The monoisotopic (exact) mass is 447 g/mol. The molecule has 1 amide bonds. The predicted molar refractivity (Wildman–Crippen MR) is 111 cm³/mol. The topological polar surface area (TPSA) is 38.1 Å². The van der Waals surface area contributed by atoms with E-state index in [0.29, 0.717) is 10.5 Å². The molecule has 0 spiro atoms. The SMILES string of the molecule is Cc1ccc(Cn2c(CN3CCI(C)C3=O)nc3ccccc32)cc1. The first-order chi connectivity index (χ1) is 12.1. The Bertz CT molecular complexity index is 916. The van der Waals surface area contributed by atoms with E-state index in [2.05, 4.69) is 58.9 Å². The number of halogens is 1. The summed E-state index contributed by atoms with van der Waals surface area (Å²) >= 11 is -1.39. The van der Waals surface area contributed by atoms with Crippen LogP contribution >= 0.6 is 19.8 Å². The summed E-state index contributed by atoms with van der Waals surface area (Å²) in [5, 5.41) is 0. The van der Waals surface area contributed by atoms with Gasteiger partial charge in [0.15, 0.2) is 0 Å². The number of hydrogen-bond donors (Lipinski definition) is 0. The Labute approximate surface area is 155 Å². The van der Waals surface area contributed by atoms with Crippen molar-refractivity contribution >= 4 is 34.8 Å². The second-order valence-electron chi connectivity index (χ2n) is 6.54. The van der Waals surface area contributed by atoms with E-state index in [4.69, 9.17) is 4.98 Å². The standard InChI is InChI=1S/C20H22IN3O/c1-15-7-9-16(10-8-15)13-24-18-6-4-3-5-17(18)22-19(24)14-23-12-11-21(2)20(23)25/h3-10H,11-14H2,1-2H3. The van der Waals surface area contributed by atoms with Gasteiger partial charge in [-0.15, -0.1) is 0 Å². The molecular weight excluding hydrogens is 425 g/mol. The van der Waals surface area contributed by atoms with Crippen molar-refractivity contribution in [3.8, 4) is 0 Å².